The van der Waals surface area contributed by atoms with Crippen molar-refractivity contribution in [2.45, 2.75) is 18.6 Å². The van der Waals surface area contributed by atoms with Crippen LogP contribution in [-0.2, 0) is 4.74 Å². The molecule has 2 unspecified atom stereocenters. The van der Waals surface area contributed by atoms with Crippen LogP contribution in [-0.4, -0.2) is 37.0 Å². The lowest BCUT2D eigenvalue weighted by Gasteiger charge is -2.04. The van der Waals surface area contributed by atoms with Crippen molar-refractivity contribution in [3.63, 3.8) is 0 Å². The fraction of sp³-hybridized carbons (Fsp3) is 0.429. The van der Waals surface area contributed by atoms with Gasteiger partial charge in [-0.05, 0) is 18.6 Å². The largest absolute Gasteiger partial charge is 0.497 e. The molecule has 1 fully saturated rings. The molecule has 0 radical (unpaired) electrons. The molecule has 2 atom stereocenters. The van der Waals surface area contributed by atoms with Crippen LogP contribution in [0, 0.1) is 0 Å². The van der Waals surface area contributed by atoms with E-state index >= 15 is 0 Å². The summed E-state index contributed by atoms with van der Waals surface area (Å²) in [6, 6.07) is 7.66. The average molecular weight is 275 g/mol. The molecule has 106 valence electrons. The van der Waals surface area contributed by atoms with Gasteiger partial charge in [-0.1, -0.05) is 17.3 Å². The van der Waals surface area contributed by atoms with Gasteiger partial charge in [0.1, 0.15) is 5.75 Å². The molecular formula is C14H17N3O3. The Morgan fingerprint density at radius 2 is 2.25 bits per heavy atom. The van der Waals surface area contributed by atoms with Gasteiger partial charge in [0.05, 0.1) is 19.3 Å². The van der Waals surface area contributed by atoms with E-state index in [0.29, 0.717) is 11.7 Å². The second kappa shape index (κ2) is 5.60. The molecule has 2 heterocycles. The van der Waals surface area contributed by atoms with Crippen LogP contribution < -0.4 is 10.1 Å². The van der Waals surface area contributed by atoms with Gasteiger partial charge in [-0.25, -0.2) is 0 Å². The molecule has 0 amide bonds. The molecule has 6 nitrogen and oxygen atoms in total. The molecule has 6 heteroatoms. The molecule has 1 aliphatic heterocycles. The molecule has 1 saturated heterocycles. The van der Waals surface area contributed by atoms with Gasteiger partial charge in [0, 0.05) is 19.2 Å². The van der Waals surface area contributed by atoms with Crippen LogP contribution in [0.2, 0.25) is 0 Å². The number of ether oxygens (including phenoxy) is 2. The van der Waals surface area contributed by atoms with Crippen molar-refractivity contribution in [2.75, 3.05) is 20.8 Å². The Balaban J connectivity index is 1.79. The molecule has 0 saturated carbocycles. The van der Waals surface area contributed by atoms with E-state index in [0.717, 1.165) is 24.3 Å². The van der Waals surface area contributed by atoms with Gasteiger partial charge < -0.3 is 19.3 Å². The quantitative estimate of drug-likeness (QED) is 0.917. The zero-order valence-corrected chi connectivity index (χ0v) is 11.5. The molecule has 0 bridgehead atoms. The van der Waals surface area contributed by atoms with Crippen LogP contribution in [0.4, 0.5) is 0 Å². The first-order valence-electron chi connectivity index (χ1n) is 6.54. The van der Waals surface area contributed by atoms with Gasteiger partial charge in [0.2, 0.25) is 11.7 Å². The summed E-state index contributed by atoms with van der Waals surface area (Å²) in [7, 11) is 3.35. The summed E-state index contributed by atoms with van der Waals surface area (Å²) in [5, 5.41) is 7.35. The highest BCUT2D eigenvalue weighted by molar-refractivity contribution is 5.56. The molecule has 1 aromatic heterocycles. The van der Waals surface area contributed by atoms with Crippen molar-refractivity contribution in [2.24, 2.45) is 0 Å². The van der Waals surface area contributed by atoms with Crippen LogP contribution >= 0.6 is 0 Å². The number of methoxy groups -OCH3 is 2. The number of hydrogen-bond acceptors (Lipinski definition) is 6. The Kier molecular flexibility index (Phi) is 3.66. The van der Waals surface area contributed by atoms with Crippen LogP contribution in [0.25, 0.3) is 11.4 Å². The summed E-state index contributed by atoms with van der Waals surface area (Å²) in [6.07, 6.45) is 1.04. The lowest BCUT2D eigenvalue weighted by molar-refractivity contribution is 0.116. The van der Waals surface area contributed by atoms with E-state index in [1.807, 2.05) is 24.3 Å². The van der Waals surface area contributed by atoms with Gasteiger partial charge in [-0.3, -0.25) is 0 Å². The molecule has 2 aromatic rings. The van der Waals surface area contributed by atoms with Crippen molar-refractivity contribution < 1.29 is 14.0 Å². The van der Waals surface area contributed by atoms with Gasteiger partial charge in [-0.2, -0.15) is 4.98 Å². The van der Waals surface area contributed by atoms with E-state index in [4.69, 9.17) is 14.0 Å². The van der Waals surface area contributed by atoms with E-state index in [1.54, 1.807) is 14.2 Å². The highest BCUT2D eigenvalue weighted by Crippen LogP contribution is 2.26. The second-order valence-corrected chi connectivity index (χ2v) is 4.74. The summed E-state index contributed by atoms with van der Waals surface area (Å²) in [5.74, 6) is 1.94. The molecule has 1 aromatic carbocycles. The summed E-state index contributed by atoms with van der Waals surface area (Å²) < 4.78 is 15.9. The minimum Gasteiger partial charge on any atom is -0.497 e. The topological polar surface area (TPSA) is 69.4 Å². The number of hydrogen-bond donors (Lipinski definition) is 1. The lowest BCUT2D eigenvalue weighted by atomic mass is 10.2. The smallest absolute Gasteiger partial charge is 0.244 e. The van der Waals surface area contributed by atoms with Crippen molar-refractivity contribution in [3.05, 3.63) is 30.2 Å². The first kappa shape index (κ1) is 13.1. The van der Waals surface area contributed by atoms with E-state index in [2.05, 4.69) is 15.5 Å². The normalized spacial score (nSPS) is 22.1. The fourth-order valence-corrected chi connectivity index (χ4v) is 2.33. The highest BCUT2D eigenvalue weighted by atomic mass is 16.5. The molecule has 0 aliphatic carbocycles. The minimum atomic E-state index is 0.0619. The predicted molar refractivity (Wildman–Crippen MR) is 72.4 cm³/mol. The monoisotopic (exact) mass is 275 g/mol. The number of nitrogens with one attached hydrogen (secondary N) is 1. The third-order valence-corrected chi connectivity index (χ3v) is 3.49. The van der Waals surface area contributed by atoms with Gasteiger partial charge in [0.15, 0.2) is 0 Å². The predicted octanol–water partition coefficient (Wildman–Crippen LogP) is 1.79. The Hall–Kier alpha value is -1.92. The maximum atomic E-state index is 5.35. The van der Waals surface area contributed by atoms with Crippen LogP contribution in [0.3, 0.4) is 0 Å². The van der Waals surface area contributed by atoms with Crippen molar-refractivity contribution in [3.8, 4) is 17.1 Å². The maximum Gasteiger partial charge on any atom is 0.244 e. The Labute approximate surface area is 117 Å². The first-order chi connectivity index (χ1) is 9.80. The lowest BCUT2D eigenvalue weighted by Crippen LogP contribution is -2.16. The Bertz CT molecular complexity index is 585. The zero-order valence-electron chi connectivity index (χ0n) is 11.5. The second-order valence-electron chi connectivity index (χ2n) is 4.74. The SMILES string of the molecule is COc1cccc(-c2noc(C3CC(OC)CN3)n2)c1. The van der Waals surface area contributed by atoms with E-state index in [1.165, 1.54) is 0 Å². The summed E-state index contributed by atoms with van der Waals surface area (Å²) >= 11 is 0. The summed E-state index contributed by atoms with van der Waals surface area (Å²) in [6.45, 7) is 0.804. The van der Waals surface area contributed by atoms with Gasteiger partial charge in [-0.15, -0.1) is 0 Å². The third kappa shape index (κ3) is 2.52. The number of benzene rings is 1. The van der Waals surface area contributed by atoms with Crippen molar-refractivity contribution >= 4 is 0 Å². The van der Waals surface area contributed by atoms with Crippen LogP contribution in [0.15, 0.2) is 28.8 Å². The van der Waals surface area contributed by atoms with E-state index < -0.39 is 0 Å². The molecule has 1 N–H and O–H groups in total. The molecule has 3 rings (SSSR count). The number of aromatic nitrogens is 2. The molecule has 20 heavy (non-hydrogen) atoms. The first-order valence-corrected chi connectivity index (χ1v) is 6.54. The van der Waals surface area contributed by atoms with Gasteiger partial charge >= 0.3 is 0 Å². The van der Waals surface area contributed by atoms with E-state index in [-0.39, 0.29) is 12.1 Å². The highest BCUT2D eigenvalue weighted by Gasteiger charge is 2.29. The minimum absolute atomic E-state index is 0.0619. The standard InChI is InChI=1S/C14H17N3O3/c1-18-10-5-3-4-9(6-10)13-16-14(20-17-13)12-7-11(19-2)8-15-12/h3-6,11-12,15H,7-8H2,1-2H3. The fourth-order valence-electron chi connectivity index (χ4n) is 2.33. The molecular weight excluding hydrogens is 258 g/mol. The average Bonchev–Trinajstić information content (AvgIpc) is 3.15. The number of nitrogens with zero attached hydrogens (tertiary/aromatic N) is 2. The Morgan fingerprint density at radius 3 is 3.00 bits per heavy atom. The maximum absolute atomic E-state index is 5.35. The number of rotatable bonds is 4. The zero-order chi connectivity index (χ0) is 13.9. The third-order valence-electron chi connectivity index (χ3n) is 3.49. The van der Waals surface area contributed by atoms with Crippen LogP contribution in [0.5, 0.6) is 5.75 Å². The molecule has 1 aliphatic rings. The summed E-state index contributed by atoms with van der Waals surface area (Å²) in [4.78, 5) is 4.46. The molecule has 0 spiro atoms. The van der Waals surface area contributed by atoms with Crippen LogP contribution in [0.1, 0.15) is 18.4 Å². The Morgan fingerprint density at radius 1 is 1.35 bits per heavy atom. The van der Waals surface area contributed by atoms with Crippen molar-refractivity contribution in [1.29, 1.82) is 0 Å². The summed E-state index contributed by atoms with van der Waals surface area (Å²) in [5.41, 5.74) is 0.876. The van der Waals surface area contributed by atoms with E-state index in [9.17, 15) is 0 Å². The van der Waals surface area contributed by atoms with Crippen molar-refractivity contribution in [1.82, 2.24) is 15.5 Å². The van der Waals surface area contributed by atoms with Gasteiger partial charge in [0.25, 0.3) is 0 Å².